The Kier molecular flexibility index (Phi) is 9.20. The summed E-state index contributed by atoms with van der Waals surface area (Å²) in [6.07, 6.45) is 11.9. The number of ketones is 1. The molecule has 6 aliphatic carbocycles. The first-order valence-corrected chi connectivity index (χ1v) is 22.4. The van der Waals surface area contributed by atoms with Gasteiger partial charge in [-0.3, -0.25) is 4.79 Å². The van der Waals surface area contributed by atoms with Gasteiger partial charge in [-0.05, 0) is 114 Å². The molecule has 2 bridgehead atoms. The van der Waals surface area contributed by atoms with E-state index in [0.29, 0.717) is 37.1 Å². The first-order valence-electron chi connectivity index (χ1n) is 21.5. The van der Waals surface area contributed by atoms with Crippen LogP contribution in [0.4, 0.5) is 4.79 Å². The molecule has 2 N–H and O–H groups in total. The van der Waals surface area contributed by atoms with Crippen LogP contribution in [0.1, 0.15) is 74.0 Å². The van der Waals surface area contributed by atoms with Crippen LogP contribution in [0.5, 0.6) is 5.75 Å². The van der Waals surface area contributed by atoms with Gasteiger partial charge >= 0.3 is 6.09 Å². The van der Waals surface area contributed by atoms with E-state index >= 15 is 4.79 Å². The summed E-state index contributed by atoms with van der Waals surface area (Å²) in [4.78, 5) is 32.4. The zero-order chi connectivity index (χ0) is 40.6. The SMILES string of the molecule is CC12CCC(O)CC13C=CC1(C(C(=O)c4ccc(-c5ccccc5)cc4)=C3)C2CCC2(C)C1CCC2(O)CN(CCc1cccs1)C(=O)Oc1ccc2ccccc2c1. The summed E-state index contributed by atoms with van der Waals surface area (Å²) in [6.45, 7) is 5.20. The summed E-state index contributed by atoms with van der Waals surface area (Å²) in [5.41, 5.74) is 0.687. The Morgan fingerprint density at radius 2 is 1.49 bits per heavy atom. The molecule has 11 rings (SSSR count). The van der Waals surface area contributed by atoms with Gasteiger partial charge in [0.2, 0.25) is 0 Å². The summed E-state index contributed by atoms with van der Waals surface area (Å²) in [7, 11) is 0. The van der Waals surface area contributed by atoms with Crippen LogP contribution in [-0.4, -0.2) is 51.8 Å². The molecule has 1 aromatic heterocycles. The van der Waals surface area contributed by atoms with E-state index < -0.39 is 34.0 Å². The third-order valence-electron chi connectivity index (χ3n) is 16.1. The second-order valence-electron chi connectivity index (χ2n) is 18.7. The van der Waals surface area contributed by atoms with Gasteiger partial charge in [0.1, 0.15) is 5.75 Å². The Balaban J connectivity index is 1.00. The highest BCUT2D eigenvalue weighted by Crippen LogP contribution is 2.78. The molecule has 0 radical (unpaired) electrons. The van der Waals surface area contributed by atoms with E-state index in [1.54, 1.807) is 16.2 Å². The zero-order valence-electron chi connectivity index (χ0n) is 34.0. The van der Waals surface area contributed by atoms with E-state index in [2.05, 4.69) is 55.7 Å². The number of nitrogens with zero attached hydrogens (tertiary/aromatic N) is 1. The van der Waals surface area contributed by atoms with Crippen molar-refractivity contribution in [2.75, 3.05) is 13.1 Å². The van der Waals surface area contributed by atoms with Crippen molar-refractivity contribution in [3.8, 4) is 16.9 Å². The Morgan fingerprint density at radius 1 is 0.780 bits per heavy atom. The lowest BCUT2D eigenvalue weighted by Crippen LogP contribution is -2.67. The summed E-state index contributed by atoms with van der Waals surface area (Å²) in [6, 6.07) is 36.1. The van der Waals surface area contributed by atoms with E-state index in [4.69, 9.17) is 4.74 Å². The molecule has 1 amide bonds. The van der Waals surface area contributed by atoms with Crippen molar-refractivity contribution >= 4 is 34.0 Å². The minimum Gasteiger partial charge on any atom is -0.410 e. The number of fused-ring (bicyclic) bond motifs is 2. The van der Waals surface area contributed by atoms with Crippen molar-refractivity contribution in [3.05, 3.63) is 149 Å². The second kappa shape index (κ2) is 14.1. The fourth-order valence-corrected chi connectivity index (χ4v) is 13.5. The summed E-state index contributed by atoms with van der Waals surface area (Å²) in [5, 5.41) is 28.5. The highest BCUT2D eigenvalue weighted by atomic mass is 32.1. The average Bonchev–Trinajstić information content (AvgIpc) is 3.87. The van der Waals surface area contributed by atoms with Crippen LogP contribution < -0.4 is 4.74 Å². The Morgan fingerprint density at radius 3 is 2.27 bits per heavy atom. The molecule has 0 saturated heterocycles. The highest BCUT2D eigenvalue weighted by Gasteiger charge is 2.74. The molecule has 2 spiro atoms. The molecule has 302 valence electrons. The van der Waals surface area contributed by atoms with Crippen molar-refractivity contribution in [1.29, 1.82) is 0 Å². The number of carbonyl (C=O) groups excluding carboxylic acids is 2. The summed E-state index contributed by atoms with van der Waals surface area (Å²) >= 11 is 1.67. The Labute approximate surface area is 351 Å². The maximum absolute atomic E-state index is 15.2. The first-order chi connectivity index (χ1) is 28.5. The monoisotopic (exact) mass is 803 g/mol. The third-order valence-corrected chi connectivity index (χ3v) is 17.0. The van der Waals surface area contributed by atoms with Gasteiger partial charge in [-0.25, -0.2) is 4.79 Å². The molecule has 0 aliphatic heterocycles. The molecule has 5 aromatic rings. The molecule has 6 nitrogen and oxygen atoms in total. The standard InChI is InChI=1S/C52H53NO5S/c1-48-24-20-40(54)32-50(48)27-28-52(43(33-50)46(55)38-16-14-37(15-17-38)35-9-4-3-5-10-35)44(48)21-25-49(2)45(52)22-26-51(49,57)34-53(29-23-42-13-8-30-59-42)47(56)58-41-19-18-36-11-6-7-12-39(36)31-41/h3-19,27-28,30-31,33,40,44-45,54,57H,20-26,29,32,34H2,1-2H3. The van der Waals surface area contributed by atoms with Crippen LogP contribution in [0.25, 0.3) is 21.9 Å². The number of rotatable bonds is 9. The quantitative estimate of drug-likeness (QED) is 0.114. The van der Waals surface area contributed by atoms with Crippen molar-refractivity contribution in [3.63, 3.8) is 0 Å². The number of aliphatic hydroxyl groups excluding tert-OH is 1. The molecule has 1 heterocycles. The molecule has 59 heavy (non-hydrogen) atoms. The van der Waals surface area contributed by atoms with E-state index in [-0.39, 0.29) is 29.6 Å². The predicted octanol–water partition coefficient (Wildman–Crippen LogP) is 11.1. The summed E-state index contributed by atoms with van der Waals surface area (Å²) < 4.78 is 6.12. The second-order valence-corrected chi connectivity index (χ2v) is 19.7. The van der Waals surface area contributed by atoms with Crippen molar-refractivity contribution < 1.29 is 24.5 Å². The Hall–Kier alpha value is -4.82. The van der Waals surface area contributed by atoms with Gasteiger partial charge in [-0.1, -0.05) is 123 Å². The fraction of sp³-hybridized carbons (Fsp3) is 0.385. The van der Waals surface area contributed by atoms with Gasteiger partial charge < -0.3 is 19.8 Å². The first kappa shape index (κ1) is 38.4. The molecule has 4 aromatic carbocycles. The lowest BCUT2D eigenvalue weighted by Gasteiger charge is -2.71. The van der Waals surface area contributed by atoms with Crippen LogP contribution in [0.3, 0.4) is 0 Å². The molecule has 3 saturated carbocycles. The Bertz CT molecular complexity index is 2480. The largest absolute Gasteiger partial charge is 0.415 e. The zero-order valence-corrected chi connectivity index (χ0v) is 34.8. The number of hydrogen-bond donors (Lipinski definition) is 2. The van der Waals surface area contributed by atoms with Crippen molar-refractivity contribution in [2.24, 2.45) is 33.5 Å². The van der Waals surface area contributed by atoms with Crippen LogP contribution >= 0.6 is 11.3 Å². The number of amides is 1. The molecular weight excluding hydrogens is 751 g/mol. The van der Waals surface area contributed by atoms with Gasteiger partial charge in [0.15, 0.2) is 5.78 Å². The third kappa shape index (κ3) is 5.94. The number of thiophene rings is 1. The number of hydrogen-bond acceptors (Lipinski definition) is 6. The van der Waals surface area contributed by atoms with Gasteiger partial charge in [-0.2, -0.15) is 0 Å². The molecule has 3 fully saturated rings. The molecular formula is C52H53NO5S. The highest BCUT2D eigenvalue weighted by molar-refractivity contribution is 7.09. The average molecular weight is 804 g/mol. The topological polar surface area (TPSA) is 87.1 Å². The number of allylic oxidation sites excluding steroid dienone is 4. The summed E-state index contributed by atoms with van der Waals surface area (Å²) in [5.74, 6) is 0.655. The van der Waals surface area contributed by atoms with Crippen LogP contribution in [0, 0.1) is 33.5 Å². The number of ether oxygens (including phenoxy) is 1. The van der Waals surface area contributed by atoms with Crippen LogP contribution in [-0.2, 0) is 6.42 Å². The van der Waals surface area contributed by atoms with E-state index in [1.807, 2.05) is 91.0 Å². The number of benzene rings is 4. The smallest absolute Gasteiger partial charge is 0.410 e. The number of aliphatic hydroxyl groups is 2. The maximum atomic E-state index is 15.2. The van der Waals surface area contributed by atoms with Gasteiger partial charge in [0.05, 0.1) is 18.2 Å². The number of carbonyl (C=O) groups is 2. The number of Topliss-reactive ketones (excluding diaryl/α,β-unsaturated/α-hetero) is 1. The molecule has 8 atom stereocenters. The van der Waals surface area contributed by atoms with Gasteiger partial charge in [0.25, 0.3) is 0 Å². The van der Waals surface area contributed by atoms with Crippen molar-refractivity contribution in [2.45, 2.75) is 76.9 Å². The van der Waals surface area contributed by atoms with E-state index in [0.717, 1.165) is 59.6 Å². The van der Waals surface area contributed by atoms with Gasteiger partial charge in [-0.15, -0.1) is 11.3 Å². The lowest BCUT2D eigenvalue weighted by molar-refractivity contribution is -0.175. The normalized spacial score (nSPS) is 32.8. The van der Waals surface area contributed by atoms with E-state index in [1.165, 1.54) is 4.88 Å². The molecule has 8 unspecified atom stereocenters. The minimum atomic E-state index is -1.22. The molecule has 7 heteroatoms. The maximum Gasteiger partial charge on any atom is 0.415 e. The fourth-order valence-electron chi connectivity index (χ4n) is 12.8. The minimum absolute atomic E-state index is 0.0357. The van der Waals surface area contributed by atoms with Gasteiger partial charge in [0, 0.05) is 38.8 Å². The lowest BCUT2D eigenvalue weighted by atomic mass is 9.32. The molecule has 6 aliphatic rings. The van der Waals surface area contributed by atoms with Crippen LogP contribution in [0.15, 0.2) is 138 Å². The van der Waals surface area contributed by atoms with E-state index in [9.17, 15) is 15.0 Å². The predicted molar refractivity (Wildman–Crippen MR) is 234 cm³/mol. The van der Waals surface area contributed by atoms with Crippen molar-refractivity contribution in [1.82, 2.24) is 4.90 Å². The van der Waals surface area contributed by atoms with Crippen LogP contribution in [0.2, 0.25) is 0 Å².